The number of anilines is 1. The number of nitrogens with two attached hydrogens (primary N) is 1. The quantitative estimate of drug-likeness (QED) is 0.907. The second-order valence-corrected chi connectivity index (χ2v) is 5.61. The zero-order chi connectivity index (χ0) is 14.1. The molecule has 1 aromatic carbocycles. The van der Waals surface area contributed by atoms with Gasteiger partial charge in [0.1, 0.15) is 5.82 Å². The third-order valence-electron chi connectivity index (χ3n) is 3.97. The molecule has 0 saturated carbocycles. The highest BCUT2D eigenvalue weighted by atomic mass is 35.5. The monoisotopic (exact) mass is 287 g/mol. The Hall–Kier alpha value is -1.58. The van der Waals surface area contributed by atoms with Crippen molar-refractivity contribution in [2.24, 2.45) is 0 Å². The van der Waals surface area contributed by atoms with Crippen molar-refractivity contribution in [3.05, 3.63) is 58.2 Å². The van der Waals surface area contributed by atoms with Crippen LogP contribution in [-0.2, 0) is 6.42 Å². The number of fused-ring (bicyclic) bond motifs is 1. The number of nitrogens with zero attached hydrogens (tertiary/aromatic N) is 1. The van der Waals surface area contributed by atoms with Crippen LogP contribution in [0.3, 0.4) is 0 Å². The molecule has 104 valence electrons. The maximum atomic E-state index is 6.08. The zero-order valence-corrected chi connectivity index (χ0v) is 12.2. The van der Waals surface area contributed by atoms with Crippen LogP contribution in [0, 0.1) is 0 Å². The molecule has 0 saturated heterocycles. The SMILES string of the molecule is CCNC(c1cc(Cl)cnc1N)C1Cc2ccccc21. The highest BCUT2D eigenvalue weighted by Crippen LogP contribution is 2.44. The molecule has 1 heterocycles. The lowest BCUT2D eigenvalue weighted by atomic mass is 9.71. The first-order valence-electron chi connectivity index (χ1n) is 6.92. The van der Waals surface area contributed by atoms with E-state index >= 15 is 0 Å². The number of pyridine rings is 1. The maximum Gasteiger partial charge on any atom is 0.128 e. The number of nitrogen functional groups attached to an aromatic ring is 1. The van der Waals surface area contributed by atoms with Gasteiger partial charge >= 0.3 is 0 Å². The number of aromatic nitrogens is 1. The predicted octanol–water partition coefficient (Wildman–Crippen LogP) is 3.31. The molecule has 2 unspecified atom stereocenters. The fourth-order valence-electron chi connectivity index (χ4n) is 3.00. The van der Waals surface area contributed by atoms with Gasteiger partial charge in [0.25, 0.3) is 0 Å². The number of hydrogen-bond donors (Lipinski definition) is 2. The number of likely N-dealkylation sites (N-methyl/N-ethyl adjacent to an activating group) is 1. The molecule has 0 amide bonds. The molecule has 0 spiro atoms. The average molecular weight is 288 g/mol. The van der Waals surface area contributed by atoms with Crippen LogP contribution in [0.2, 0.25) is 5.02 Å². The van der Waals surface area contributed by atoms with Crippen LogP contribution < -0.4 is 11.1 Å². The van der Waals surface area contributed by atoms with E-state index in [0.29, 0.717) is 16.8 Å². The van der Waals surface area contributed by atoms with E-state index in [9.17, 15) is 0 Å². The molecule has 3 N–H and O–H groups in total. The Morgan fingerprint density at radius 3 is 3.00 bits per heavy atom. The second kappa shape index (κ2) is 5.43. The molecular formula is C16H18ClN3. The van der Waals surface area contributed by atoms with E-state index < -0.39 is 0 Å². The summed E-state index contributed by atoms with van der Waals surface area (Å²) in [7, 11) is 0. The van der Waals surface area contributed by atoms with Crippen molar-refractivity contribution < 1.29 is 0 Å². The Morgan fingerprint density at radius 1 is 1.45 bits per heavy atom. The van der Waals surface area contributed by atoms with Gasteiger partial charge in [-0.05, 0) is 30.2 Å². The molecule has 20 heavy (non-hydrogen) atoms. The van der Waals surface area contributed by atoms with E-state index in [1.165, 1.54) is 11.1 Å². The molecule has 4 heteroatoms. The van der Waals surface area contributed by atoms with Gasteiger partial charge in [-0.3, -0.25) is 0 Å². The Balaban J connectivity index is 1.97. The van der Waals surface area contributed by atoms with Crippen molar-refractivity contribution in [1.29, 1.82) is 0 Å². The van der Waals surface area contributed by atoms with Crippen molar-refractivity contribution >= 4 is 17.4 Å². The van der Waals surface area contributed by atoms with Crippen LogP contribution in [0.15, 0.2) is 36.5 Å². The van der Waals surface area contributed by atoms with Crippen molar-refractivity contribution in [2.75, 3.05) is 12.3 Å². The van der Waals surface area contributed by atoms with Gasteiger partial charge in [0.15, 0.2) is 0 Å². The molecular weight excluding hydrogens is 270 g/mol. The van der Waals surface area contributed by atoms with E-state index in [-0.39, 0.29) is 6.04 Å². The molecule has 3 nitrogen and oxygen atoms in total. The van der Waals surface area contributed by atoms with Crippen molar-refractivity contribution in [3.63, 3.8) is 0 Å². The summed E-state index contributed by atoms with van der Waals surface area (Å²) >= 11 is 6.08. The van der Waals surface area contributed by atoms with Crippen LogP contribution in [0.5, 0.6) is 0 Å². The van der Waals surface area contributed by atoms with Crippen molar-refractivity contribution in [2.45, 2.75) is 25.3 Å². The fraction of sp³-hybridized carbons (Fsp3) is 0.312. The lowest BCUT2D eigenvalue weighted by Crippen LogP contribution is -2.33. The minimum Gasteiger partial charge on any atom is -0.383 e. The first-order valence-corrected chi connectivity index (χ1v) is 7.30. The van der Waals surface area contributed by atoms with Gasteiger partial charge in [0, 0.05) is 23.7 Å². The molecule has 2 aromatic rings. The lowest BCUT2D eigenvalue weighted by molar-refractivity contribution is 0.420. The number of benzene rings is 1. The molecule has 3 rings (SSSR count). The second-order valence-electron chi connectivity index (χ2n) is 5.17. The van der Waals surface area contributed by atoms with Gasteiger partial charge in [-0.2, -0.15) is 0 Å². The molecule has 0 radical (unpaired) electrons. The maximum absolute atomic E-state index is 6.08. The van der Waals surface area contributed by atoms with Gasteiger partial charge in [-0.15, -0.1) is 0 Å². The highest BCUT2D eigenvalue weighted by Gasteiger charge is 2.34. The number of hydrogen-bond acceptors (Lipinski definition) is 3. The molecule has 0 fully saturated rings. The van der Waals surface area contributed by atoms with Gasteiger partial charge in [0.2, 0.25) is 0 Å². The third kappa shape index (κ3) is 2.28. The molecule has 0 aliphatic heterocycles. The summed E-state index contributed by atoms with van der Waals surface area (Å²) in [5.74, 6) is 0.999. The summed E-state index contributed by atoms with van der Waals surface area (Å²) in [4.78, 5) is 4.18. The summed E-state index contributed by atoms with van der Waals surface area (Å²) in [5.41, 5.74) is 9.87. The Labute approximate surface area is 124 Å². The van der Waals surface area contributed by atoms with Gasteiger partial charge in [-0.25, -0.2) is 4.98 Å². The number of nitrogens with one attached hydrogen (secondary N) is 1. The normalized spacial score (nSPS) is 18.2. The summed E-state index contributed by atoms with van der Waals surface area (Å²) in [6.45, 7) is 2.99. The van der Waals surface area contributed by atoms with E-state index in [1.54, 1.807) is 6.20 Å². The summed E-state index contributed by atoms with van der Waals surface area (Å²) in [5, 5.41) is 4.16. The van der Waals surface area contributed by atoms with E-state index in [2.05, 4.69) is 41.5 Å². The lowest BCUT2D eigenvalue weighted by Gasteiger charge is -2.37. The molecule has 1 aromatic heterocycles. The van der Waals surface area contributed by atoms with E-state index in [4.69, 9.17) is 17.3 Å². The zero-order valence-electron chi connectivity index (χ0n) is 11.4. The Bertz CT molecular complexity index is 627. The van der Waals surface area contributed by atoms with Gasteiger partial charge < -0.3 is 11.1 Å². The van der Waals surface area contributed by atoms with Gasteiger partial charge in [0.05, 0.1) is 5.02 Å². The van der Waals surface area contributed by atoms with Crippen LogP contribution in [-0.4, -0.2) is 11.5 Å². The summed E-state index contributed by atoms with van der Waals surface area (Å²) in [6, 6.07) is 10.7. The number of rotatable bonds is 4. The van der Waals surface area contributed by atoms with Gasteiger partial charge in [-0.1, -0.05) is 42.8 Å². The van der Waals surface area contributed by atoms with Crippen LogP contribution in [0.25, 0.3) is 0 Å². The molecule has 1 aliphatic rings. The fourth-order valence-corrected chi connectivity index (χ4v) is 3.16. The molecule has 0 bridgehead atoms. The smallest absolute Gasteiger partial charge is 0.128 e. The first kappa shape index (κ1) is 13.4. The van der Waals surface area contributed by atoms with Crippen LogP contribution >= 0.6 is 11.6 Å². The Morgan fingerprint density at radius 2 is 2.25 bits per heavy atom. The summed E-state index contributed by atoms with van der Waals surface area (Å²) in [6.07, 6.45) is 2.66. The summed E-state index contributed by atoms with van der Waals surface area (Å²) < 4.78 is 0. The van der Waals surface area contributed by atoms with Crippen LogP contribution in [0.1, 0.15) is 35.6 Å². The molecule has 1 aliphatic carbocycles. The van der Waals surface area contributed by atoms with Crippen LogP contribution in [0.4, 0.5) is 5.82 Å². The highest BCUT2D eigenvalue weighted by molar-refractivity contribution is 6.30. The average Bonchev–Trinajstić information content (AvgIpc) is 2.42. The molecule has 2 atom stereocenters. The largest absolute Gasteiger partial charge is 0.383 e. The third-order valence-corrected chi connectivity index (χ3v) is 4.18. The first-order chi connectivity index (χ1) is 9.70. The minimum absolute atomic E-state index is 0.168. The standard InChI is InChI=1S/C16H18ClN3/c1-2-19-15(14-8-11(17)9-20-16(14)18)13-7-10-5-3-4-6-12(10)13/h3-6,8-9,13,15,19H,2,7H2,1H3,(H2,18,20). The van der Waals surface area contributed by atoms with E-state index in [0.717, 1.165) is 18.5 Å². The topological polar surface area (TPSA) is 50.9 Å². The number of halogens is 1. The van der Waals surface area contributed by atoms with Crippen molar-refractivity contribution in [1.82, 2.24) is 10.3 Å². The Kier molecular flexibility index (Phi) is 3.64. The van der Waals surface area contributed by atoms with E-state index in [1.807, 2.05) is 6.07 Å². The predicted molar refractivity (Wildman–Crippen MR) is 83.0 cm³/mol. The minimum atomic E-state index is 0.168. The van der Waals surface area contributed by atoms with Crippen molar-refractivity contribution in [3.8, 4) is 0 Å².